The molecule has 212 valence electrons. The summed E-state index contributed by atoms with van der Waals surface area (Å²) in [6, 6.07) is 15.0. The van der Waals surface area contributed by atoms with Crippen molar-refractivity contribution in [2.24, 2.45) is 0 Å². The van der Waals surface area contributed by atoms with E-state index in [0.717, 1.165) is 47.3 Å². The summed E-state index contributed by atoms with van der Waals surface area (Å²) in [6.45, 7) is 12.4. The number of nitrogens with zero attached hydrogens (tertiary/aromatic N) is 2. The van der Waals surface area contributed by atoms with Crippen molar-refractivity contribution < 1.29 is 22.4 Å². The molecule has 0 saturated heterocycles. The molecule has 9 heteroatoms. The highest BCUT2D eigenvalue weighted by Crippen LogP contribution is 2.35. The van der Waals surface area contributed by atoms with E-state index in [9.17, 15) is 8.42 Å². The summed E-state index contributed by atoms with van der Waals surface area (Å²) in [5.74, 6) is 1.46. The molecule has 0 unspecified atom stereocenters. The molecular weight excluding hydrogens is 526 g/mol. The lowest BCUT2D eigenvalue weighted by Gasteiger charge is -2.17. The van der Waals surface area contributed by atoms with Gasteiger partial charge in [0, 0.05) is 22.9 Å². The molecule has 0 radical (unpaired) electrons. The highest BCUT2D eigenvalue weighted by Gasteiger charge is 2.24. The smallest absolute Gasteiger partial charge is 0.264 e. The number of rotatable bonds is 12. The molecule has 2 heterocycles. The van der Waals surface area contributed by atoms with E-state index in [1.807, 2.05) is 44.2 Å². The number of aromatic nitrogens is 2. The SMILES string of the molecule is CCCc1cc(COc2cc(CC)nc(C)c2OCC)ccc1-c1ccccc1S(=O)(=O)Nc1onc(C)c1C. The van der Waals surface area contributed by atoms with Crippen LogP contribution in [-0.2, 0) is 29.5 Å². The summed E-state index contributed by atoms with van der Waals surface area (Å²) >= 11 is 0. The third-order valence-corrected chi connectivity index (χ3v) is 8.14. The molecule has 0 fully saturated rings. The van der Waals surface area contributed by atoms with Gasteiger partial charge >= 0.3 is 0 Å². The van der Waals surface area contributed by atoms with Crippen LogP contribution in [0.3, 0.4) is 0 Å². The van der Waals surface area contributed by atoms with Crippen LogP contribution in [0.1, 0.15) is 61.0 Å². The van der Waals surface area contributed by atoms with Crippen molar-refractivity contribution in [2.75, 3.05) is 11.3 Å². The fraction of sp³-hybridized carbons (Fsp3) is 0.355. The summed E-state index contributed by atoms with van der Waals surface area (Å²) in [7, 11) is -3.94. The van der Waals surface area contributed by atoms with Gasteiger partial charge in [-0.2, -0.15) is 0 Å². The second-order valence-electron chi connectivity index (χ2n) is 9.67. The van der Waals surface area contributed by atoms with Crippen LogP contribution in [-0.4, -0.2) is 25.2 Å². The maximum absolute atomic E-state index is 13.5. The lowest BCUT2D eigenvalue weighted by Crippen LogP contribution is -2.14. The molecule has 8 nitrogen and oxygen atoms in total. The molecule has 0 amide bonds. The number of pyridine rings is 1. The van der Waals surface area contributed by atoms with Gasteiger partial charge in [-0.3, -0.25) is 4.98 Å². The largest absolute Gasteiger partial charge is 0.488 e. The first-order valence-corrected chi connectivity index (χ1v) is 15.1. The van der Waals surface area contributed by atoms with Crippen LogP contribution in [0, 0.1) is 20.8 Å². The fourth-order valence-electron chi connectivity index (χ4n) is 4.55. The van der Waals surface area contributed by atoms with Crippen LogP contribution in [0.5, 0.6) is 11.5 Å². The van der Waals surface area contributed by atoms with Crippen molar-refractivity contribution >= 4 is 15.9 Å². The molecular formula is C31H37N3O5S. The Morgan fingerprint density at radius 2 is 1.70 bits per heavy atom. The number of aryl methyl sites for hydroxylation is 4. The van der Waals surface area contributed by atoms with Gasteiger partial charge in [0.05, 0.1) is 22.9 Å². The van der Waals surface area contributed by atoms with Crippen LogP contribution in [0.4, 0.5) is 5.88 Å². The molecule has 0 saturated carbocycles. The monoisotopic (exact) mass is 563 g/mol. The number of hydrogen-bond donors (Lipinski definition) is 1. The number of nitrogens with one attached hydrogen (secondary N) is 1. The highest BCUT2D eigenvalue weighted by molar-refractivity contribution is 7.92. The van der Waals surface area contributed by atoms with E-state index in [2.05, 4.69) is 34.8 Å². The van der Waals surface area contributed by atoms with Gasteiger partial charge in [-0.05, 0) is 63.3 Å². The summed E-state index contributed by atoms with van der Waals surface area (Å²) < 4.78 is 46.8. The molecule has 0 aliphatic heterocycles. The maximum Gasteiger partial charge on any atom is 0.264 e. The van der Waals surface area contributed by atoms with Crippen LogP contribution in [0.25, 0.3) is 11.1 Å². The Hall–Kier alpha value is -3.85. The van der Waals surface area contributed by atoms with E-state index in [-0.39, 0.29) is 10.8 Å². The van der Waals surface area contributed by atoms with Gasteiger partial charge in [0.25, 0.3) is 10.0 Å². The van der Waals surface area contributed by atoms with Crippen LogP contribution in [0.2, 0.25) is 0 Å². The first-order valence-electron chi connectivity index (χ1n) is 13.6. The van der Waals surface area contributed by atoms with Crippen molar-refractivity contribution in [1.29, 1.82) is 0 Å². The minimum absolute atomic E-state index is 0.123. The summed E-state index contributed by atoms with van der Waals surface area (Å²) in [5.41, 5.74) is 6.54. The molecule has 1 N–H and O–H groups in total. The van der Waals surface area contributed by atoms with E-state index < -0.39 is 10.0 Å². The zero-order valence-corrected chi connectivity index (χ0v) is 24.8. The second kappa shape index (κ2) is 12.6. The number of sulfonamides is 1. The predicted octanol–water partition coefficient (Wildman–Crippen LogP) is 6.96. The Labute approximate surface area is 236 Å². The molecule has 0 bridgehead atoms. The van der Waals surface area contributed by atoms with Crippen molar-refractivity contribution in [1.82, 2.24) is 10.1 Å². The van der Waals surface area contributed by atoms with Crippen molar-refractivity contribution in [2.45, 2.75) is 72.3 Å². The number of ether oxygens (including phenoxy) is 2. The summed E-state index contributed by atoms with van der Waals surface area (Å²) in [4.78, 5) is 4.77. The first kappa shape index (κ1) is 29.1. The molecule has 2 aromatic heterocycles. The fourth-order valence-corrected chi connectivity index (χ4v) is 5.82. The third kappa shape index (κ3) is 6.31. The minimum atomic E-state index is -3.94. The van der Waals surface area contributed by atoms with E-state index in [0.29, 0.717) is 41.5 Å². The van der Waals surface area contributed by atoms with Crippen molar-refractivity contribution in [3.63, 3.8) is 0 Å². The first-order chi connectivity index (χ1) is 19.2. The Kier molecular flexibility index (Phi) is 9.14. The Bertz CT molecular complexity index is 1590. The highest BCUT2D eigenvalue weighted by atomic mass is 32.2. The van der Waals surface area contributed by atoms with Gasteiger partial charge in [0.15, 0.2) is 11.5 Å². The number of anilines is 1. The minimum Gasteiger partial charge on any atom is -0.488 e. The molecule has 4 aromatic rings. The van der Waals surface area contributed by atoms with Gasteiger partial charge in [-0.15, -0.1) is 0 Å². The van der Waals surface area contributed by atoms with Gasteiger partial charge in [0.2, 0.25) is 5.88 Å². The topological polar surface area (TPSA) is 104 Å². The zero-order chi connectivity index (χ0) is 28.9. The lowest BCUT2D eigenvalue weighted by atomic mass is 9.95. The lowest BCUT2D eigenvalue weighted by molar-refractivity contribution is 0.266. The van der Waals surface area contributed by atoms with Crippen LogP contribution in [0.15, 0.2) is 57.9 Å². The predicted molar refractivity (Wildman–Crippen MR) is 157 cm³/mol. The molecule has 0 atom stereocenters. The summed E-state index contributed by atoms with van der Waals surface area (Å²) in [6.07, 6.45) is 2.48. The van der Waals surface area contributed by atoms with Gasteiger partial charge in [-0.1, -0.05) is 61.8 Å². The molecule has 40 heavy (non-hydrogen) atoms. The Morgan fingerprint density at radius 3 is 2.38 bits per heavy atom. The van der Waals surface area contributed by atoms with Gasteiger partial charge in [-0.25, -0.2) is 13.1 Å². The molecule has 0 spiro atoms. The number of hydrogen-bond acceptors (Lipinski definition) is 7. The summed E-state index contributed by atoms with van der Waals surface area (Å²) in [5, 5.41) is 3.87. The van der Waals surface area contributed by atoms with E-state index in [4.69, 9.17) is 14.0 Å². The molecule has 2 aromatic carbocycles. The number of benzene rings is 2. The normalized spacial score (nSPS) is 11.4. The standard InChI is InChI=1S/C31H37N3O5S/c1-7-12-24-17-23(19-38-28-18-25(8-2)32-22(6)30(28)37-9-3)15-16-26(24)27-13-10-11-14-29(27)40(35,36)34-31-20(4)21(5)33-39-31/h10-11,13-18,34H,7-9,12,19H2,1-6H3. The van der Waals surface area contributed by atoms with E-state index in [1.165, 1.54) is 0 Å². The zero-order valence-electron chi connectivity index (χ0n) is 24.0. The molecule has 4 rings (SSSR count). The molecule has 0 aliphatic carbocycles. The van der Waals surface area contributed by atoms with Crippen molar-refractivity contribution in [3.05, 3.63) is 82.3 Å². The van der Waals surface area contributed by atoms with Crippen molar-refractivity contribution in [3.8, 4) is 22.6 Å². The quantitative estimate of drug-likeness (QED) is 0.199. The van der Waals surface area contributed by atoms with E-state index >= 15 is 0 Å². The van der Waals surface area contributed by atoms with Crippen LogP contribution >= 0.6 is 0 Å². The van der Waals surface area contributed by atoms with Crippen LogP contribution < -0.4 is 14.2 Å². The van der Waals surface area contributed by atoms with Gasteiger partial charge < -0.3 is 14.0 Å². The average Bonchev–Trinajstić information content (AvgIpc) is 3.25. The van der Waals surface area contributed by atoms with Gasteiger partial charge in [0.1, 0.15) is 6.61 Å². The Morgan fingerprint density at radius 1 is 0.925 bits per heavy atom. The van der Waals surface area contributed by atoms with E-state index in [1.54, 1.807) is 26.0 Å². The third-order valence-electron chi connectivity index (χ3n) is 6.75. The average molecular weight is 564 g/mol. The molecule has 0 aliphatic rings. The maximum atomic E-state index is 13.5. The Balaban J connectivity index is 1.67. The second-order valence-corrected chi connectivity index (χ2v) is 11.3.